The van der Waals surface area contributed by atoms with Crippen molar-refractivity contribution >= 4 is 5.97 Å². The van der Waals surface area contributed by atoms with Crippen molar-refractivity contribution in [3.8, 4) is 11.5 Å². The lowest BCUT2D eigenvalue weighted by molar-refractivity contribution is -0.129. The second-order valence-corrected chi connectivity index (χ2v) is 14.1. The first kappa shape index (κ1) is 29.7. The van der Waals surface area contributed by atoms with E-state index in [0.717, 1.165) is 24.0 Å². The first-order valence-electron chi connectivity index (χ1n) is 13.1. The van der Waals surface area contributed by atoms with Gasteiger partial charge in [0, 0.05) is 23.1 Å². The standard InChI is InChI=1S/C33H48O3/c1-13-29(35)36-28-17-15-24(33(11,12)21-31(6,7)8)19-26(28)22(2)25-18-23(14-16-27(25)34)32(9,10)20-30(3,4)5/h13-19,22,34H,1,20-21H2,2-12H3. The minimum atomic E-state index is -0.491. The topological polar surface area (TPSA) is 46.5 Å². The Balaban J connectivity index is 2.65. The number of phenols is 1. The van der Waals surface area contributed by atoms with Gasteiger partial charge in [-0.1, -0.05) is 107 Å². The number of aromatic hydroxyl groups is 1. The fraction of sp³-hybridized carbons (Fsp3) is 0.545. The van der Waals surface area contributed by atoms with Crippen molar-refractivity contribution < 1.29 is 14.6 Å². The fourth-order valence-electron chi connectivity index (χ4n) is 5.90. The molecule has 2 aromatic carbocycles. The smallest absolute Gasteiger partial charge is 0.335 e. The second-order valence-electron chi connectivity index (χ2n) is 14.1. The number of carbonyl (C=O) groups excluding carboxylic acids is 1. The third-order valence-electron chi connectivity index (χ3n) is 6.86. The third kappa shape index (κ3) is 7.72. The molecule has 0 spiro atoms. The van der Waals surface area contributed by atoms with Crippen molar-refractivity contribution in [2.45, 2.75) is 106 Å². The molecule has 2 aromatic rings. The maximum absolute atomic E-state index is 12.2. The maximum Gasteiger partial charge on any atom is 0.335 e. The highest BCUT2D eigenvalue weighted by Gasteiger charge is 2.31. The van der Waals surface area contributed by atoms with Gasteiger partial charge < -0.3 is 9.84 Å². The van der Waals surface area contributed by atoms with E-state index >= 15 is 0 Å². The molecule has 1 atom stereocenters. The van der Waals surface area contributed by atoms with E-state index in [1.54, 1.807) is 6.07 Å². The van der Waals surface area contributed by atoms with Crippen LogP contribution in [0.25, 0.3) is 0 Å². The Hall–Kier alpha value is -2.55. The van der Waals surface area contributed by atoms with Crippen molar-refractivity contribution in [1.29, 1.82) is 0 Å². The van der Waals surface area contributed by atoms with Crippen LogP contribution in [0.2, 0.25) is 0 Å². The average molecular weight is 493 g/mol. The Morgan fingerprint density at radius 1 is 0.833 bits per heavy atom. The predicted molar refractivity (Wildman–Crippen MR) is 152 cm³/mol. The third-order valence-corrected chi connectivity index (χ3v) is 6.86. The van der Waals surface area contributed by atoms with E-state index in [4.69, 9.17) is 4.74 Å². The molecule has 3 nitrogen and oxygen atoms in total. The maximum atomic E-state index is 12.2. The lowest BCUT2D eigenvalue weighted by atomic mass is 9.71. The number of rotatable bonds is 8. The molecule has 0 radical (unpaired) electrons. The predicted octanol–water partition coefficient (Wildman–Crippen LogP) is 9.06. The molecule has 0 amide bonds. The van der Waals surface area contributed by atoms with Gasteiger partial charge in [-0.25, -0.2) is 4.79 Å². The SMILES string of the molecule is C=CC(=O)Oc1ccc(C(C)(C)CC(C)(C)C)cc1C(C)c1cc(C(C)(C)CC(C)(C)C)ccc1O. The van der Waals surface area contributed by atoms with Gasteiger partial charge in [0.15, 0.2) is 0 Å². The molecule has 0 aliphatic carbocycles. The van der Waals surface area contributed by atoms with Crippen molar-refractivity contribution in [3.05, 3.63) is 71.3 Å². The second kappa shape index (κ2) is 10.4. The van der Waals surface area contributed by atoms with Gasteiger partial charge in [-0.2, -0.15) is 0 Å². The van der Waals surface area contributed by atoms with Crippen LogP contribution in [0.3, 0.4) is 0 Å². The summed E-state index contributed by atoms with van der Waals surface area (Å²) in [6.45, 7) is 28.2. The van der Waals surface area contributed by atoms with Crippen LogP contribution in [0, 0.1) is 10.8 Å². The van der Waals surface area contributed by atoms with Gasteiger partial charge in [-0.3, -0.25) is 0 Å². The summed E-state index contributed by atoms with van der Waals surface area (Å²) in [4.78, 5) is 12.2. The molecule has 3 heteroatoms. The lowest BCUT2D eigenvalue weighted by Gasteiger charge is -2.34. The Bertz CT molecular complexity index is 1090. The summed E-state index contributed by atoms with van der Waals surface area (Å²) in [6.07, 6.45) is 3.19. The van der Waals surface area contributed by atoms with Gasteiger partial charge in [0.2, 0.25) is 0 Å². The van der Waals surface area contributed by atoms with E-state index in [1.807, 2.05) is 12.1 Å². The van der Waals surface area contributed by atoms with Crippen LogP contribution >= 0.6 is 0 Å². The minimum absolute atomic E-state index is 0.0604. The van der Waals surface area contributed by atoms with Crippen molar-refractivity contribution in [1.82, 2.24) is 0 Å². The van der Waals surface area contributed by atoms with Gasteiger partial charge in [0.25, 0.3) is 0 Å². The summed E-state index contributed by atoms with van der Waals surface area (Å²) in [5, 5.41) is 10.9. The zero-order valence-corrected chi connectivity index (χ0v) is 24.5. The van der Waals surface area contributed by atoms with E-state index in [9.17, 15) is 9.90 Å². The van der Waals surface area contributed by atoms with E-state index in [2.05, 4.69) is 101 Å². The largest absolute Gasteiger partial charge is 0.508 e. The van der Waals surface area contributed by atoms with Crippen LogP contribution in [-0.2, 0) is 15.6 Å². The van der Waals surface area contributed by atoms with Gasteiger partial charge in [-0.05, 0) is 57.8 Å². The van der Waals surface area contributed by atoms with Crippen molar-refractivity contribution in [2.75, 3.05) is 0 Å². The molecular weight excluding hydrogens is 444 g/mol. The molecule has 0 fully saturated rings. The van der Waals surface area contributed by atoms with Crippen LogP contribution in [0.5, 0.6) is 11.5 Å². The number of esters is 1. The summed E-state index contributed by atoms with van der Waals surface area (Å²) in [6, 6.07) is 12.0. The zero-order chi connectivity index (χ0) is 27.7. The highest BCUT2D eigenvalue weighted by molar-refractivity contribution is 5.83. The monoisotopic (exact) mass is 492 g/mol. The van der Waals surface area contributed by atoms with E-state index in [1.165, 1.54) is 17.2 Å². The number of phenolic OH excluding ortho intramolecular Hbond substituents is 1. The fourth-order valence-corrected chi connectivity index (χ4v) is 5.90. The minimum Gasteiger partial charge on any atom is -0.508 e. The normalized spacial score (nSPS) is 13.9. The van der Waals surface area contributed by atoms with Crippen LogP contribution < -0.4 is 4.74 Å². The molecule has 2 rings (SSSR count). The highest BCUT2D eigenvalue weighted by Crippen LogP contribution is 2.43. The van der Waals surface area contributed by atoms with Gasteiger partial charge in [0.05, 0.1) is 0 Å². The molecular formula is C33H48O3. The number of benzene rings is 2. The zero-order valence-electron chi connectivity index (χ0n) is 24.5. The Morgan fingerprint density at radius 2 is 1.28 bits per heavy atom. The number of hydrogen-bond donors (Lipinski definition) is 1. The Morgan fingerprint density at radius 3 is 1.72 bits per heavy atom. The van der Waals surface area contributed by atoms with Gasteiger partial charge >= 0.3 is 5.97 Å². The summed E-state index contributed by atoms with van der Waals surface area (Å²) < 4.78 is 5.67. The molecule has 0 saturated carbocycles. The molecule has 0 heterocycles. The number of carbonyl (C=O) groups is 1. The first-order chi connectivity index (χ1) is 16.3. The van der Waals surface area contributed by atoms with Crippen molar-refractivity contribution in [2.24, 2.45) is 10.8 Å². The van der Waals surface area contributed by atoms with Crippen LogP contribution in [0.15, 0.2) is 49.1 Å². The number of hydrogen-bond acceptors (Lipinski definition) is 3. The molecule has 1 N–H and O–H groups in total. The molecule has 198 valence electrons. The van der Waals surface area contributed by atoms with E-state index in [-0.39, 0.29) is 33.3 Å². The Labute approximate surface area is 220 Å². The molecule has 0 aliphatic rings. The number of ether oxygens (including phenoxy) is 1. The summed E-state index contributed by atoms with van der Waals surface area (Å²) in [5.41, 5.74) is 4.27. The molecule has 36 heavy (non-hydrogen) atoms. The molecule has 1 unspecified atom stereocenters. The molecule has 0 aliphatic heterocycles. The van der Waals surface area contributed by atoms with Crippen LogP contribution in [-0.4, -0.2) is 11.1 Å². The molecule has 0 aromatic heterocycles. The van der Waals surface area contributed by atoms with Gasteiger partial charge in [0.1, 0.15) is 11.5 Å². The molecule has 0 bridgehead atoms. The quantitative estimate of drug-likeness (QED) is 0.227. The Kier molecular flexibility index (Phi) is 8.61. The summed E-state index contributed by atoms with van der Waals surface area (Å²) in [5.74, 6) is 0.0717. The van der Waals surface area contributed by atoms with Gasteiger partial charge in [-0.15, -0.1) is 0 Å². The van der Waals surface area contributed by atoms with Crippen LogP contribution in [0.4, 0.5) is 0 Å². The van der Waals surface area contributed by atoms with E-state index in [0.29, 0.717) is 5.75 Å². The first-order valence-corrected chi connectivity index (χ1v) is 13.1. The summed E-state index contributed by atoms with van der Waals surface area (Å²) >= 11 is 0. The summed E-state index contributed by atoms with van der Waals surface area (Å²) in [7, 11) is 0. The molecule has 0 saturated heterocycles. The average Bonchev–Trinajstić information content (AvgIpc) is 2.70. The highest BCUT2D eigenvalue weighted by atomic mass is 16.5. The lowest BCUT2D eigenvalue weighted by Crippen LogP contribution is -2.25. The van der Waals surface area contributed by atoms with Crippen molar-refractivity contribution in [3.63, 3.8) is 0 Å². The van der Waals surface area contributed by atoms with Crippen LogP contribution in [0.1, 0.15) is 117 Å². The van der Waals surface area contributed by atoms with E-state index < -0.39 is 5.97 Å².